The van der Waals surface area contributed by atoms with Crippen LogP contribution < -0.4 is 0 Å². The molecule has 0 saturated heterocycles. The topological polar surface area (TPSA) is 30.7 Å². The van der Waals surface area contributed by atoms with E-state index in [0.717, 1.165) is 20.5 Å². The van der Waals surface area contributed by atoms with Gasteiger partial charge in [0.2, 0.25) is 0 Å². The Bertz CT molecular complexity index is 506. The normalized spacial score (nSPS) is 11.1. The third kappa shape index (κ3) is 2.35. The molecule has 2 rings (SSSR count). The second-order valence-electron chi connectivity index (χ2n) is 3.80. The van der Waals surface area contributed by atoms with Crippen LogP contribution in [0, 0.1) is 0 Å². The van der Waals surface area contributed by atoms with Crippen molar-refractivity contribution in [3.63, 3.8) is 0 Å². The number of aromatic nitrogens is 3. The number of hydrogen-bond donors (Lipinski definition) is 0. The lowest BCUT2D eigenvalue weighted by Gasteiger charge is -2.04. The van der Waals surface area contributed by atoms with Crippen LogP contribution >= 0.6 is 31.9 Å². The van der Waals surface area contributed by atoms with Crippen molar-refractivity contribution in [1.82, 2.24) is 14.8 Å². The summed E-state index contributed by atoms with van der Waals surface area (Å²) in [6.45, 7) is 4.24. The Labute approximate surface area is 111 Å². The minimum absolute atomic E-state index is 0.426. The van der Waals surface area contributed by atoms with Crippen LogP contribution in [0.5, 0.6) is 0 Å². The third-order valence-corrected chi connectivity index (χ3v) is 3.22. The Hall–Kier alpha value is -0.680. The van der Waals surface area contributed by atoms with E-state index in [0.29, 0.717) is 5.92 Å². The zero-order chi connectivity index (χ0) is 11.7. The molecule has 0 radical (unpaired) electrons. The molecule has 16 heavy (non-hydrogen) atoms. The highest BCUT2D eigenvalue weighted by atomic mass is 79.9. The number of hydrogen-bond acceptors (Lipinski definition) is 2. The lowest BCUT2D eigenvalue weighted by atomic mass is 10.1. The highest BCUT2D eigenvalue weighted by Crippen LogP contribution is 2.23. The Morgan fingerprint density at radius 1 is 1.31 bits per heavy atom. The van der Waals surface area contributed by atoms with E-state index in [1.54, 1.807) is 10.9 Å². The first kappa shape index (κ1) is 11.8. The number of pyridine rings is 1. The predicted octanol–water partition coefficient (Wildman–Crippen LogP) is 3.92. The maximum atomic E-state index is 4.48. The maximum absolute atomic E-state index is 4.48. The van der Waals surface area contributed by atoms with E-state index in [2.05, 4.69) is 55.8 Å². The zero-order valence-corrected chi connectivity index (χ0v) is 12.2. The van der Waals surface area contributed by atoms with Crippen LogP contribution in [0.25, 0.3) is 5.82 Å². The second-order valence-corrected chi connectivity index (χ2v) is 5.57. The zero-order valence-electron chi connectivity index (χ0n) is 8.98. The highest BCUT2D eigenvalue weighted by Gasteiger charge is 2.08. The molecule has 0 spiro atoms. The molecule has 0 aliphatic rings. The van der Waals surface area contributed by atoms with Crippen molar-refractivity contribution in [2.24, 2.45) is 0 Å². The van der Waals surface area contributed by atoms with Gasteiger partial charge in [0.05, 0.1) is 10.2 Å². The van der Waals surface area contributed by atoms with Gasteiger partial charge in [-0.25, -0.2) is 9.67 Å². The Morgan fingerprint density at radius 3 is 2.62 bits per heavy atom. The van der Waals surface area contributed by atoms with Crippen LogP contribution in [-0.2, 0) is 0 Å². The van der Waals surface area contributed by atoms with E-state index in [4.69, 9.17) is 0 Å². The van der Waals surface area contributed by atoms with E-state index in [9.17, 15) is 0 Å². The molecule has 3 nitrogen and oxygen atoms in total. The van der Waals surface area contributed by atoms with Gasteiger partial charge in [-0.2, -0.15) is 5.10 Å². The Balaban J connectivity index is 2.42. The molecule has 2 aromatic rings. The maximum Gasteiger partial charge on any atom is 0.167 e. The van der Waals surface area contributed by atoms with Gasteiger partial charge in [-0.15, -0.1) is 0 Å². The average molecular weight is 345 g/mol. The van der Waals surface area contributed by atoms with Crippen molar-refractivity contribution in [2.75, 3.05) is 0 Å². The van der Waals surface area contributed by atoms with Crippen LogP contribution in [0.4, 0.5) is 0 Å². The van der Waals surface area contributed by atoms with Gasteiger partial charge in [-0.05, 0) is 49.9 Å². The summed E-state index contributed by atoms with van der Waals surface area (Å²) in [7, 11) is 0. The molecular weight excluding hydrogens is 334 g/mol. The molecule has 0 atom stereocenters. The van der Waals surface area contributed by atoms with Gasteiger partial charge < -0.3 is 0 Å². The average Bonchev–Trinajstić information content (AvgIpc) is 2.66. The van der Waals surface area contributed by atoms with E-state index >= 15 is 0 Å². The van der Waals surface area contributed by atoms with E-state index < -0.39 is 0 Å². The van der Waals surface area contributed by atoms with Crippen LogP contribution in [0.2, 0.25) is 0 Å². The number of nitrogens with zero attached hydrogens (tertiary/aromatic N) is 3. The third-order valence-electron chi connectivity index (χ3n) is 2.21. The fraction of sp³-hybridized carbons (Fsp3) is 0.273. The molecule has 84 valence electrons. The molecule has 0 aromatic carbocycles. The summed E-state index contributed by atoms with van der Waals surface area (Å²) in [5.41, 5.74) is 1.07. The summed E-state index contributed by atoms with van der Waals surface area (Å²) in [6.07, 6.45) is 3.69. The summed E-state index contributed by atoms with van der Waals surface area (Å²) >= 11 is 6.85. The van der Waals surface area contributed by atoms with Crippen molar-refractivity contribution < 1.29 is 0 Å². The molecule has 0 fully saturated rings. The fourth-order valence-corrected chi connectivity index (χ4v) is 2.51. The molecule has 2 heterocycles. The summed E-state index contributed by atoms with van der Waals surface area (Å²) in [4.78, 5) is 4.33. The molecule has 0 amide bonds. The summed E-state index contributed by atoms with van der Waals surface area (Å²) < 4.78 is 3.64. The molecule has 0 aliphatic heterocycles. The van der Waals surface area contributed by atoms with Crippen LogP contribution in [0.1, 0.15) is 25.5 Å². The molecule has 0 aliphatic carbocycles. The second kappa shape index (κ2) is 4.67. The SMILES string of the molecule is CC(C)c1ccn(-c2ncc(Br)cc2Br)n1. The first-order valence-electron chi connectivity index (χ1n) is 4.95. The first-order chi connectivity index (χ1) is 7.58. The standard InChI is InChI=1S/C11H11Br2N3/c1-7(2)10-3-4-16(15-10)11-9(13)5-8(12)6-14-11/h3-7H,1-2H3. The van der Waals surface area contributed by atoms with Crippen molar-refractivity contribution in [2.45, 2.75) is 19.8 Å². The van der Waals surface area contributed by atoms with Gasteiger partial charge in [-0.1, -0.05) is 13.8 Å². The molecule has 0 bridgehead atoms. The van der Waals surface area contributed by atoms with Crippen molar-refractivity contribution >= 4 is 31.9 Å². The van der Waals surface area contributed by atoms with Crippen molar-refractivity contribution in [1.29, 1.82) is 0 Å². The lowest BCUT2D eigenvalue weighted by Crippen LogP contribution is -2.00. The first-order valence-corrected chi connectivity index (χ1v) is 6.53. The molecule has 0 N–H and O–H groups in total. The van der Waals surface area contributed by atoms with Crippen LogP contribution in [-0.4, -0.2) is 14.8 Å². The van der Waals surface area contributed by atoms with Crippen LogP contribution in [0.15, 0.2) is 33.5 Å². The van der Waals surface area contributed by atoms with Crippen molar-refractivity contribution in [3.8, 4) is 5.82 Å². The van der Waals surface area contributed by atoms with E-state index in [1.807, 2.05) is 18.3 Å². The monoisotopic (exact) mass is 343 g/mol. The minimum Gasteiger partial charge on any atom is -0.235 e. The lowest BCUT2D eigenvalue weighted by molar-refractivity contribution is 0.755. The Kier molecular flexibility index (Phi) is 3.44. The van der Waals surface area contributed by atoms with E-state index in [1.165, 1.54) is 0 Å². The van der Waals surface area contributed by atoms with Crippen molar-refractivity contribution in [3.05, 3.63) is 39.2 Å². The summed E-state index contributed by atoms with van der Waals surface area (Å²) in [5, 5.41) is 4.48. The number of halogens is 2. The summed E-state index contributed by atoms with van der Waals surface area (Å²) in [5.74, 6) is 1.23. The smallest absolute Gasteiger partial charge is 0.167 e. The minimum atomic E-state index is 0.426. The molecular formula is C11H11Br2N3. The fourth-order valence-electron chi connectivity index (χ4n) is 1.34. The molecule has 5 heteroatoms. The van der Waals surface area contributed by atoms with Gasteiger partial charge in [0.25, 0.3) is 0 Å². The van der Waals surface area contributed by atoms with Gasteiger partial charge >= 0.3 is 0 Å². The van der Waals surface area contributed by atoms with Gasteiger partial charge in [0.1, 0.15) is 0 Å². The quantitative estimate of drug-likeness (QED) is 0.826. The summed E-state index contributed by atoms with van der Waals surface area (Å²) in [6, 6.07) is 3.97. The van der Waals surface area contributed by atoms with Gasteiger partial charge in [0, 0.05) is 16.9 Å². The van der Waals surface area contributed by atoms with E-state index in [-0.39, 0.29) is 0 Å². The largest absolute Gasteiger partial charge is 0.235 e. The van der Waals surface area contributed by atoms with Gasteiger partial charge in [-0.3, -0.25) is 0 Å². The molecule has 0 unspecified atom stereocenters. The van der Waals surface area contributed by atoms with Crippen LogP contribution in [0.3, 0.4) is 0 Å². The van der Waals surface area contributed by atoms with Gasteiger partial charge in [0.15, 0.2) is 5.82 Å². The highest BCUT2D eigenvalue weighted by molar-refractivity contribution is 9.11. The number of rotatable bonds is 2. The molecule has 2 aromatic heterocycles. The Morgan fingerprint density at radius 2 is 2.06 bits per heavy atom. The predicted molar refractivity (Wildman–Crippen MR) is 70.8 cm³/mol. The molecule has 0 saturated carbocycles.